The number of piperazine rings is 1. The molecule has 2 aromatic rings. The van der Waals surface area contributed by atoms with Gasteiger partial charge in [0, 0.05) is 10.7 Å². The lowest BCUT2D eigenvalue weighted by atomic mass is 10.1. The number of hydrogen-bond donors (Lipinski definition) is 2. The maximum atomic E-state index is 12.9. The lowest BCUT2D eigenvalue weighted by molar-refractivity contribution is -0.915. The van der Waals surface area contributed by atoms with Crippen LogP contribution in [0.5, 0.6) is 5.75 Å². The van der Waals surface area contributed by atoms with E-state index in [4.69, 9.17) is 11.6 Å². The van der Waals surface area contributed by atoms with Gasteiger partial charge in [-0.05, 0) is 48.5 Å². The van der Waals surface area contributed by atoms with Gasteiger partial charge in [-0.1, -0.05) is 11.6 Å². The zero-order chi connectivity index (χ0) is 19.0. The van der Waals surface area contributed by atoms with E-state index in [0.717, 1.165) is 36.8 Å². The molecule has 2 saturated heterocycles. The van der Waals surface area contributed by atoms with Gasteiger partial charge in [0.2, 0.25) is 5.91 Å². The summed E-state index contributed by atoms with van der Waals surface area (Å²) >= 11 is 5.90. The van der Waals surface area contributed by atoms with Crippen molar-refractivity contribution >= 4 is 34.8 Å². The second kappa shape index (κ2) is 7.21. The van der Waals surface area contributed by atoms with Gasteiger partial charge >= 0.3 is 0 Å². The summed E-state index contributed by atoms with van der Waals surface area (Å²) in [5.74, 6) is -0.0310. The molecule has 0 spiro atoms. The van der Waals surface area contributed by atoms with Crippen molar-refractivity contribution in [2.45, 2.75) is 12.5 Å². The minimum absolute atomic E-state index is 0.129. The fourth-order valence-electron chi connectivity index (χ4n) is 3.88. The average molecular weight is 387 g/mol. The van der Waals surface area contributed by atoms with Crippen molar-refractivity contribution in [1.82, 2.24) is 0 Å². The Hall–Kier alpha value is -2.57. The van der Waals surface area contributed by atoms with E-state index in [1.807, 2.05) is 12.1 Å². The van der Waals surface area contributed by atoms with Gasteiger partial charge < -0.3 is 14.9 Å². The number of amides is 2. The van der Waals surface area contributed by atoms with Gasteiger partial charge in [0.25, 0.3) is 5.91 Å². The van der Waals surface area contributed by atoms with Gasteiger partial charge in [0.15, 0.2) is 6.04 Å². The summed E-state index contributed by atoms with van der Waals surface area (Å²) < 4.78 is 0. The smallest absolute Gasteiger partial charge is 0.292 e. The number of halogens is 1. The normalized spacial score (nSPS) is 21.1. The fourth-order valence-corrected chi connectivity index (χ4v) is 4.00. The van der Waals surface area contributed by atoms with Gasteiger partial charge in [-0.15, -0.1) is 0 Å². The summed E-state index contributed by atoms with van der Waals surface area (Å²) in [4.78, 5) is 30.0. The molecule has 2 aromatic carbocycles. The number of benzene rings is 2. The third-order valence-electron chi connectivity index (χ3n) is 5.34. The second-order valence-electron chi connectivity index (χ2n) is 6.96. The second-order valence-corrected chi connectivity index (χ2v) is 7.40. The Balaban J connectivity index is 1.43. The predicted molar refractivity (Wildman–Crippen MR) is 103 cm³/mol. The molecule has 0 radical (unpaired) electrons. The van der Waals surface area contributed by atoms with Crippen LogP contribution in [0.1, 0.15) is 6.42 Å². The first-order valence-corrected chi connectivity index (χ1v) is 9.41. The zero-order valence-electron chi connectivity index (χ0n) is 14.8. The number of carbonyl (C=O) groups excluding carboxylic acids is 2. The number of phenols is 1. The minimum atomic E-state index is -0.324. The maximum Gasteiger partial charge on any atom is 0.292 e. The number of quaternary nitrogens is 1. The van der Waals surface area contributed by atoms with Gasteiger partial charge in [0.1, 0.15) is 5.75 Å². The number of nitrogens with zero attached hydrogens (tertiary/aromatic N) is 2. The predicted octanol–water partition coefficient (Wildman–Crippen LogP) is 1.08. The molecule has 2 aliphatic rings. The summed E-state index contributed by atoms with van der Waals surface area (Å²) in [6, 6.07) is 13.6. The van der Waals surface area contributed by atoms with Crippen LogP contribution in [-0.2, 0) is 9.59 Å². The van der Waals surface area contributed by atoms with E-state index in [0.29, 0.717) is 10.7 Å². The van der Waals surface area contributed by atoms with Crippen LogP contribution in [0.25, 0.3) is 0 Å². The summed E-state index contributed by atoms with van der Waals surface area (Å²) in [7, 11) is 0. The molecule has 0 unspecified atom stereocenters. The van der Waals surface area contributed by atoms with Crippen LogP contribution in [-0.4, -0.2) is 49.1 Å². The number of carbonyl (C=O) groups is 2. The fraction of sp³-hybridized carbons (Fsp3) is 0.300. The Morgan fingerprint density at radius 3 is 2.15 bits per heavy atom. The van der Waals surface area contributed by atoms with Crippen molar-refractivity contribution in [3.8, 4) is 5.75 Å². The number of phenolic OH excluding ortho intramolecular Hbond substituents is 1. The van der Waals surface area contributed by atoms with E-state index >= 15 is 0 Å². The first kappa shape index (κ1) is 17.8. The number of hydrogen-bond acceptors (Lipinski definition) is 4. The number of anilines is 2. The highest BCUT2D eigenvalue weighted by atomic mass is 35.5. The van der Waals surface area contributed by atoms with E-state index in [1.165, 1.54) is 4.90 Å². The van der Waals surface area contributed by atoms with Crippen LogP contribution < -0.4 is 14.7 Å². The highest BCUT2D eigenvalue weighted by molar-refractivity contribution is 6.30. The molecule has 6 nitrogen and oxygen atoms in total. The minimum Gasteiger partial charge on any atom is -0.508 e. The Morgan fingerprint density at radius 2 is 1.52 bits per heavy atom. The molecule has 0 aromatic heterocycles. The van der Waals surface area contributed by atoms with Crippen molar-refractivity contribution in [2.75, 3.05) is 36.0 Å². The standard InChI is InChI=1S/C20H20ClN3O3/c21-14-1-3-16(4-2-14)24-19(26)13-18(20(24)27)23-11-9-22(10-12-23)15-5-7-17(25)8-6-15/h1-8,18,25H,9-13H2/p+1/t18-/m0/s1. The van der Waals surface area contributed by atoms with Crippen molar-refractivity contribution < 1.29 is 19.6 Å². The van der Waals surface area contributed by atoms with Gasteiger partial charge in [-0.2, -0.15) is 0 Å². The number of nitrogens with one attached hydrogen (secondary N) is 1. The highest BCUT2D eigenvalue weighted by Crippen LogP contribution is 2.24. The molecule has 2 fully saturated rings. The first-order valence-electron chi connectivity index (χ1n) is 9.04. The summed E-state index contributed by atoms with van der Waals surface area (Å²) in [6.07, 6.45) is 0.246. The molecule has 2 amide bonds. The van der Waals surface area contributed by atoms with Crippen molar-refractivity contribution in [3.05, 3.63) is 53.6 Å². The topological polar surface area (TPSA) is 65.3 Å². The summed E-state index contributed by atoms with van der Waals surface area (Å²) in [5, 5.41) is 10.00. The van der Waals surface area contributed by atoms with Crippen LogP contribution in [0.3, 0.4) is 0 Å². The Bertz CT molecular complexity index is 846. The third-order valence-corrected chi connectivity index (χ3v) is 5.60. The third kappa shape index (κ3) is 3.50. The molecule has 2 heterocycles. The summed E-state index contributed by atoms with van der Waals surface area (Å²) in [6.45, 7) is 3.19. The van der Waals surface area contributed by atoms with Crippen LogP contribution in [0.15, 0.2) is 48.5 Å². The molecule has 2 aliphatic heterocycles. The van der Waals surface area contributed by atoms with E-state index in [9.17, 15) is 14.7 Å². The van der Waals surface area contributed by atoms with Crippen LogP contribution in [0, 0.1) is 0 Å². The molecular formula is C20H21ClN3O3+. The SMILES string of the molecule is O=C1C[C@H]([NH+]2CCN(c3ccc(O)cc3)CC2)C(=O)N1c1ccc(Cl)cc1. The lowest BCUT2D eigenvalue weighted by Crippen LogP contribution is -3.19. The van der Waals surface area contributed by atoms with Crippen molar-refractivity contribution in [2.24, 2.45) is 0 Å². The van der Waals surface area contributed by atoms with Crippen molar-refractivity contribution in [3.63, 3.8) is 0 Å². The summed E-state index contributed by atoms with van der Waals surface area (Å²) in [5.41, 5.74) is 1.64. The quantitative estimate of drug-likeness (QED) is 0.775. The monoisotopic (exact) mass is 386 g/mol. The van der Waals surface area contributed by atoms with Gasteiger partial charge in [-0.25, -0.2) is 4.90 Å². The molecule has 1 atom stereocenters. The van der Waals surface area contributed by atoms with E-state index < -0.39 is 0 Å². The molecule has 7 heteroatoms. The lowest BCUT2D eigenvalue weighted by Gasteiger charge is -2.35. The molecule has 4 rings (SSSR count). The van der Waals surface area contributed by atoms with E-state index in [-0.39, 0.29) is 30.0 Å². The van der Waals surface area contributed by atoms with Gasteiger partial charge in [-0.3, -0.25) is 9.59 Å². The Labute approximate surface area is 162 Å². The molecular weight excluding hydrogens is 366 g/mol. The molecule has 2 N–H and O–H groups in total. The maximum absolute atomic E-state index is 12.9. The zero-order valence-corrected chi connectivity index (χ0v) is 15.5. The Morgan fingerprint density at radius 1 is 0.926 bits per heavy atom. The molecule has 0 aliphatic carbocycles. The molecule has 140 valence electrons. The highest BCUT2D eigenvalue weighted by Gasteiger charge is 2.46. The average Bonchev–Trinajstić information content (AvgIpc) is 2.98. The van der Waals surface area contributed by atoms with E-state index in [2.05, 4.69) is 4.90 Å². The first-order chi connectivity index (χ1) is 13.0. The van der Waals surface area contributed by atoms with Crippen LogP contribution >= 0.6 is 11.6 Å². The largest absolute Gasteiger partial charge is 0.508 e. The van der Waals surface area contributed by atoms with Crippen molar-refractivity contribution in [1.29, 1.82) is 0 Å². The number of rotatable bonds is 3. The molecule has 27 heavy (non-hydrogen) atoms. The Kier molecular flexibility index (Phi) is 4.76. The molecule has 0 bridgehead atoms. The van der Waals surface area contributed by atoms with Gasteiger partial charge in [0.05, 0.1) is 38.3 Å². The van der Waals surface area contributed by atoms with Crippen LogP contribution in [0.4, 0.5) is 11.4 Å². The number of aromatic hydroxyl groups is 1. The number of imide groups is 1. The van der Waals surface area contributed by atoms with Crippen LogP contribution in [0.2, 0.25) is 5.02 Å². The van der Waals surface area contributed by atoms with E-state index in [1.54, 1.807) is 36.4 Å². The molecule has 0 saturated carbocycles.